The van der Waals surface area contributed by atoms with E-state index in [-0.39, 0.29) is 11.7 Å². The lowest BCUT2D eigenvalue weighted by Crippen LogP contribution is -2.33. The SMILES string of the molecule is N#Cc1cc(CN2CCCC(c3ccc(F)cc3)C2)cnc1-c1ccc(C(=O)Nc2ccccc2N)cc1. The van der Waals surface area contributed by atoms with Gasteiger partial charge in [-0.25, -0.2) is 4.39 Å². The van der Waals surface area contributed by atoms with E-state index in [1.165, 1.54) is 12.1 Å². The number of rotatable bonds is 6. The predicted octanol–water partition coefficient (Wildman–Crippen LogP) is 5.97. The number of carbonyl (C=O) groups is 1. The first-order valence-electron chi connectivity index (χ1n) is 12.6. The maximum atomic E-state index is 13.3. The van der Waals surface area contributed by atoms with Crippen LogP contribution in [0.2, 0.25) is 0 Å². The predicted molar refractivity (Wildman–Crippen MR) is 147 cm³/mol. The lowest BCUT2D eigenvalue weighted by molar-refractivity contribution is 0.102. The van der Waals surface area contributed by atoms with Gasteiger partial charge < -0.3 is 11.1 Å². The lowest BCUT2D eigenvalue weighted by Gasteiger charge is -2.33. The van der Waals surface area contributed by atoms with Gasteiger partial charge >= 0.3 is 0 Å². The molecule has 1 atom stereocenters. The topological polar surface area (TPSA) is 95.0 Å². The van der Waals surface area contributed by atoms with E-state index in [0.717, 1.165) is 42.6 Å². The second-order valence-electron chi connectivity index (χ2n) is 9.60. The molecule has 0 radical (unpaired) electrons. The van der Waals surface area contributed by atoms with Gasteiger partial charge in [0, 0.05) is 30.4 Å². The van der Waals surface area contributed by atoms with E-state index in [1.807, 2.05) is 36.5 Å². The standard InChI is InChI=1S/C31H28FN5O/c32-27-13-11-22(12-14-27)25-4-3-15-37(20-25)19-21-16-26(17-33)30(35-18-21)23-7-9-24(10-8-23)31(38)36-29-6-2-1-5-28(29)34/h1-2,5-14,16,18,25H,3-4,15,19-20,34H2,(H,36,38). The Balaban J connectivity index is 1.27. The first-order chi connectivity index (χ1) is 18.5. The summed E-state index contributed by atoms with van der Waals surface area (Å²) in [5.74, 6) is -0.119. The number of nitrogen functional groups attached to an aromatic ring is 1. The second-order valence-corrected chi connectivity index (χ2v) is 9.60. The molecule has 3 N–H and O–H groups in total. The largest absolute Gasteiger partial charge is 0.397 e. The average Bonchev–Trinajstić information content (AvgIpc) is 2.95. The number of halogens is 1. The number of para-hydroxylation sites is 2. The van der Waals surface area contributed by atoms with Crippen LogP contribution in [0.4, 0.5) is 15.8 Å². The number of nitrogens with two attached hydrogens (primary N) is 1. The number of nitrogens with zero attached hydrogens (tertiary/aromatic N) is 3. The number of carbonyl (C=O) groups excluding carboxylic acids is 1. The number of anilines is 2. The monoisotopic (exact) mass is 505 g/mol. The Bertz CT molecular complexity index is 1480. The van der Waals surface area contributed by atoms with Crippen molar-refractivity contribution in [1.29, 1.82) is 5.26 Å². The lowest BCUT2D eigenvalue weighted by atomic mass is 9.90. The van der Waals surface area contributed by atoms with Crippen molar-refractivity contribution in [3.05, 3.63) is 113 Å². The number of hydrogen-bond donors (Lipinski definition) is 2. The Hall–Kier alpha value is -4.54. The molecule has 1 aromatic heterocycles. The van der Waals surface area contributed by atoms with Crippen molar-refractivity contribution in [3.8, 4) is 17.3 Å². The summed E-state index contributed by atoms with van der Waals surface area (Å²) in [5.41, 5.74) is 11.4. The third kappa shape index (κ3) is 5.72. The smallest absolute Gasteiger partial charge is 0.255 e. The molecule has 4 aromatic rings. The van der Waals surface area contributed by atoms with Crippen molar-refractivity contribution in [2.75, 3.05) is 24.1 Å². The summed E-state index contributed by atoms with van der Waals surface area (Å²) in [6, 6.07) is 25.1. The summed E-state index contributed by atoms with van der Waals surface area (Å²) in [5, 5.41) is 12.7. The number of pyridine rings is 1. The van der Waals surface area contributed by atoms with Crippen molar-refractivity contribution >= 4 is 17.3 Å². The van der Waals surface area contributed by atoms with E-state index < -0.39 is 0 Å². The average molecular weight is 506 g/mol. The Kier molecular flexibility index (Phi) is 7.43. The summed E-state index contributed by atoms with van der Waals surface area (Å²) >= 11 is 0. The van der Waals surface area contributed by atoms with Crippen molar-refractivity contribution in [2.24, 2.45) is 0 Å². The molecule has 0 bridgehead atoms. The summed E-state index contributed by atoms with van der Waals surface area (Å²) in [7, 11) is 0. The fraction of sp³-hybridized carbons (Fsp3) is 0.194. The van der Waals surface area contributed by atoms with Crippen LogP contribution in [0.25, 0.3) is 11.3 Å². The van der Waals surface area contributed by atoms with Gasteiger partial charge in [0.05, 0.1) is 22.6 Å². The van der Waals surface area contributed by atoms with E-state index in [0.29, 0.717) is 40.7 Å². The molecule has 1 amide bonds. The molecule has 3 aromatic carbocycles. The molecule has 0 aliphatic carbocycles. The number of benzene rings is 3. The third-order valence-electron chi connectivity index (χ3n) is 6.95. The normalized spacial score (nSPS) is 15.5. The minimum absolute atomic E-state index is 0.216. The molecule has 1 aliphatic heterocycles. The zero-order chi connectivity index (χ0) is 26.5. The van der Waals surface area contributed by atoms with Gasteiger partial charge in [-0.3, -0.25) is 14.7 Å². The summed E-state index contributed by atoms with van der Waals surface area (Å²) in [4.78, 5) is 19.6. The molecular weight excluding hydrogens is 477 g/mol. The van der Waals surface area contributed by atoms with Crippen molar-refractivity contribution in [3.63, 3.8) is 0 Å². The van der Waals surface area contributed by atoms with Gasteiger partial charge in [0.25, 0.3) is 5.91 Å². The fourth-order valence-corrected chi connectivity index (χ4v) is 4.96. The molecule has 1 saturated heterocycles. The summed E-state index contributed by atoms with van der Waals surface area (Å²) in [6.45, 7) is 2.55. The van der Waals surface area contributed by atoms with Gasteiger partial charge in [-0.2, -0.15) is 5.26 Å². The van der Waals surface area contributed by atoms with E-state index in [2.05, 4.69) is 21.3 Å². The third-order valence-corrected chi connectivity index (χ3v) is 6.95. The van der Waals surface area contributed by atoms with Crippen LogP contribution in [-0.2, 0) is 6.54 Å². The van der Waals surface area contributed by atoms with Crippen LogP contribution in [0, 0.1) is 17.1 Å². The van der Waals surface area contributed by atoms with Gasteiger partial charge in [0.2, 0.25) is 0 Å². The Morgan fingerprint density at radius 2 is 1.87 bits per heavy atom. The van der Waals surface area contributed by atoms with Gasteiger partial charge in [-0.15, -0.1) is 0 Å². The molecule has 2 heterocycles. The first-order valence-corrected chi connectivity index (χ1v) is 12.6. The zero-order valence-electron chi connectivity index (χ0n) is 20.9. The van der Waals surface area contributed by atoms with Crippen molar-refractivity contribution in [2.45, 2.75) is 25.3 Å². The number of likely N-dealkylation sites (tertiary alicyclic amines) is 1. The molecule has 1 aliphatic rings. The molecule has 0 spiro atoms. The summed E-state index contributed by atoms with van der Waals surface area (Å²) < 4.78 is 13.3. The van der Waals surface area contributed by atoms with E-state index in [9.17, 15) is 14.4 Å². The van der Waals surface area contributed by atoms with Crippen molar-refractivity contribution < 1.29 is 9.18 Å². The quantitative estimate of drug-likeness (QED) is 0.315. The van der Waals surface area contributed by atoms with Crippen LogP contribution in [0.15, 0.2) is 85.1 Å². The first kappa shape index (κ1) is 25.1. The highest BCUT2D eigenvalue weighted by Crippen LogP contribution is 2.29. The number of aromatic nitrogens is 1. The maximum Gasteiger partial charge on any atom is 0.255 e. The molecule has 1 unspecified atom stereocenters. The Morgan fingerprint density at radius 1 is 1.11 bits per heavy atom. The van der Waals surface area contributed by atoms with Gasteiger partial charge in [0.1, 0.15) is 11.9 Å². The highest BCUT2D eigenvalue weighted by atomic mass is 19.1. The minimum atomic E-state index is -0.265. The number of nitriles is 1. The van der Waals surface area contributed by atoms with Crippen LogP contribution in [-0.4, -0.2) is 28.9 Å². The molecule has 0 saturated carbocycles. The number of piperidine rings is 1. The van der Waals surface area contributed by atoms with Crippen molar-refractivity contribution in [1.82, 2.24) is 9.88 Å². The van der Waals surface area contributed by atoms with Gasteiger partial charge in [0.15, 0.2) is 0 Å². The van der Waals surface area contributed by atoms with E-state index in [1.54, 1.807) is 36.4 Å². The fourth-order valence-electron chi connectivity index (χ4n) is 4.96. The molecule has 5 rings (SSSR count). The zero-order valence-corrected chi connectivity index (χ0v) is 20.9. The van der Waals surface area contributed by atoms with E-state index >= 15 is 0 Å². The molecule has 190 valence electrons. The van der Waals surface area contributed by atoms with Crippen LogP contribution in [0.1, 0.15) is 45.8 Å². The Labute approximate surface area is 221 Å². The molecule has 1 fully saturated rings. The molecular formula is C31H28FN5O. The van der Waals surface area contributed by atoms with Crippen LogP contribution in [0.3, 0.4) is 0 Å². The van der Waals surface area contributed by atoms with Crippen LogP contribution >= 0.6 is 0 Å². The summed E-state index contributed by atoms with van der Waals surface area (Å²) in [6.07, 6.45) is 3.96. The van der Waals surface area contributed by atoms with Gasteiger partial charge in [-0.05, 0) is 78.9 Å². The maximum absolute atomic E-state index is 13.3. The number of nitrogens with one attached hydrogen (secondary N) is 1. The minimum Gasteiger partial charge on any atom is -0.397 e. The highest BCUT2D eigenvalue weighted by Gasteiger charge is 2.22. The number of hydrogen-bond acceptors (Lipinski definition) is 5. The second kappa shape index (κ2) is 11.2. The van der Waals surface area contributed by atoms with E-state index in [4.69, 9.17) is 5.73 Å². The van der Waals surface area contributed by atoms with Crippen LogP contribution < -0.4 is 11.1 Å². The molecule has 6 nitrogen and oxygen atoms in total. The highest BCUT2D eigenvalue weighted by molar-refractivity contribution is 6.05. The Morgan fingerprint density at radius 3 is 2.61 bits per heavy atom. The molecule has 38 heavy (non-hydrogen) atoms. The van der Waals surface area contributed by atoms with Crippen LogP contribution in [0.5, 0.6) is 0 Å². The number of amides is 1. The molecule has 7 heteroatoms. The van der Waals surface area contributed by atoms with Gasteiger partial charge in [-0.1, -0.05) is 36.4 Å².